The average Bonchev–Trinajstić information content (AvgIpc) is 3.24. The van der Waals surface area contributed by atoms with Crippen LogP contribution in [0.15, 0.2) is 22.7 Å². The number of aryl methyl sites for hydroxylation is 1. The molecule has 34 heavy (non-hydrogen) atoms. The van der Waals surface area contributed by atoms with Gasteiger partial charge in [-0.3, -0.25) is 10.2 Å². The first-order valence-electron chi connectivity index (χ1n) is 10.1. The number of hydrogen-bond donors (Lipinski definition) is 2. The molecule has 1 aliphatic heterocycles. The van der Waals surface area contributed by atoms with Gasteiger partial charge in [-0.2, -0.15) is 22.0 Å². The third-order valence-electron chi connectivity index (χ3n) is 4.94. The summed E-state index contributed by atoms with van der Waals surface area (Å²) >= 11 is 0. The van der Waals surface area contributed by atoms with Crippen LogP contribution in [0.1, 0.15) is 11.3 Å². The Kier molecular flexibility index (Phi) is 7.82. The van der Waals surface area contributed by atoms with Gasteiger partial charge < -0.3 is 24.1 Å². The van der Waals surface area contributed by atoms with E-state index in [0.717, 1.165) is 13.1 Å². The van der Waals surface area contributed by atoms with Crippen molar-refractivity contribution < 1.29 is 45.5 Å². The molecule has 1 aliphatic rings. The van der Waals surface area contributed by atoms with Gasteiger partial charge in [0.05, 0.1) is 20.3 Å². The van der Waals surface area contributed by atoms with E-state index in [0.29, 0.717) is 55.2 Å². The molecule has 2 heterocycles. The third-order valence-corrected chi connectivity index (χ3v) is 4.94. The first-order chi connectivity index (χ1) is 16.0. The molecule has 2 N–H and O–H groups in total. The van der Waals surface area contributed by atoms with Crippen molar-refractivity contribution in [3.63, 3.8) is 0 Å². The fourth-order valence-corrected chi connectivity index (χ4v) is 3.07. The molecule has 1 aromatic heterocycles. The number of halogens is 5. The molecule has 0 aliphatic carbocycles. The molecule has 1 saturated heterocycles. The van der Waals surface area contributed by atoms with Crippen LogP contribution < -0.4 is 20.1 Å². The fraction of sp³-hybridized carbons (Fsp3) is 0.500. The number of aromatic nitrogens is 1. The molecule has 2 amide bonds. The van der Waals surface area contributed by atoms with Crippen LogP contribution in [0.3, 0.4) is 0 Å². The third kappa shape index (κ3) is 6.05. The van der Waals surface area contributed by atoms with E-state index in [9.17, 15) is 26.7 Å². The van der Waals surface area contributed by atoms with Crippen LogP contribution in [0.25, 0.3) is 0 Å². The minimum atomic E-state index is -5.87. The monoisotopic (exact) mass is 494 g/mol. The molecule has 0 atom stereocenters. The number of nitrogens with zero attached hydrogens (tertiary/aromatic N) is 2. The number of morpholine rings is 1. The average molecular weight is 494 g/mol. The number of anilines is 2. The lowest BCUT2D eigenvalue weighted by molar-refractivity contribution is -0.296. The summed E-state index contributed by atoms with van der Waals surface area (Å²) in [5.74, 6) is -6.83. The molecule has 0 bridgehead atoms. The van der Waals surface area contributed by atoms with Gasteiger partial charge in [0.15, 0.2) is 17.3 Å². The van der Waals surface area contributed by atoms with Crippen molar-refractivity contribution in [3.8, 4) is 11.5 Å². The van der Waals surface area contributed by atoms with E-state index in [4.69, 9.17) is 14.2 Å². The molecule has 0 radical (unpaired) electrons. The number of ether oxygens (including phenoxy) is 3. The van der Waals surface area contributed by atoms with Crippen LogP contribution >= 0.6 is 0 Å². The zero-order valence-electron chi connectivity index (χ0n) is 18.3. The predicted molar refractivity (Wildman–Crippen MR) is 110 cm³/mol. The van der Waals surface area contributed by atoms with Gasteiger partial charge in [-0.05, 0) is 18.6 Å². The van der Waals surface area contributed by atoms with E-state index in [2.05, 4.69) is 19.9 Å². The maximum absolute atomic E-state index is 13.3. The Labute approximate surface area is 191 Å². The summed E-state index contributed by atoms with van der Waals surface area (Å²) in [6.45, 7) is 5.76. The molecule has 3 rings (SSSR count). The fourth-order valence-electron chi connectivity index (χ4n) is 3.07. The minimum absolute atomic E-state index is 0.291. The predicted octanol–water partition coefficient (Wildman–Crippen LogP) is 4.00. The lowest BCUT2D eigenvalue weighted by Gasteiger charge is -2.26. The molecule has 0 unspecified atom stereocenters. The highest BCUT2D eigenvalue weighted by Gasteiger charge is 2.61. The highest BCUT2D eigenvalue weighted by atomic mass is 19.4. The first-order valence-corrected chi connectivity index (χ1v) is 10.1. The summed E-state index contributed by atoms with van der Waals surface area (Å²) in [5, 5.41) is 7.53. The number of benzene rings is 1. The SMILES string of the molecule is COc1cc(NC(=O)Nc2cc(C(F)(F)C(F)(F)F)on2)c(C)cc1OCCN1CCOCC1. The summed E-state index contributed by atoms with van der Waals surface area (Å²) in [5.41, 5.74) is 0.876. The molecule has 188 valence electrons. The quantitative estimate of drug-likeness (QED) is 0.536. The van der Waals surface area contributed by atoms with E-state index >= 15 is 0 Å². The largest absolute Gasteiger partial charge is 0.493 e. The Bertz CT molecular complexity index is 992. The van der Waals surface area contributed by atoms with E-state index < -0.39 is 29.7 Å². The van der Waals surface area contributed by atoms with Crippen LogP contribution in [0.5, 0.6) is 11.5 Å². The number of amides is 2. The Morgan fingerprint density at radius 2 is 1.82 bits per heavy atom. The van der Waals surface area contributed by atoms with E-state index in [-0.39, 0.29) is 0 Å². The van der Waals surface area contributed by atoms with Crippen molar-refractivity contribution in [2.75, 3.05) is 57.2 Å². The van der Waals surface area contributed by atoms with E-state index in [1.54, 1.807) is 13.0 Å². The van der Waals surface area contributed by atoms with Gasteiger partial charge in [-0.1, -0.05) is 5.16 Å². The number of rotatable bonds is 8. The smallest absolute Gasteiger partial charge is 0.461 e. The van der Waals surface area contributed by atoms with Gasteiger partial charge in [0.25, 0.3) is 0 Å². The van der Waals surface area contributed by atoms with Crippen molar-refractivity contribution in [2.45, 2.75) is 19.0 Å². The zero-order valence-corrected chi connectivity index (χ0v) is 18.3. The first kappa shape index (κ1) is 25.5. The molecular formula is C20H23F5N4O5. The summed E-state index contributed by atoms with van der Waals surface area (Å²) in [6.07, 6.45) is -5.87. The van der Waals surface area contributed by atoms with Gasteiger partial charge >= 0.3 is 18.1 Å². The highest BCUT2D eigenvalue weighted by Crippen LogP contribution is 2.44. The molecule has 9 nitrogen and oxygen atoms in total. The van der Waals surface area contributed by atoms with Gasteiger partial charge in [-0.25, -0.2) is 4.79 Å². The van der Waals surface area contributed by atoms with Gasteiger partial charge in [0.1, 0.15) is 6.61 Å². The normalized spacial score (nSPS) is 15.1. The van der Waals surface area contributed by atoms with Gasteiger partial charge in [0.2, 0.25) is 5.76 Å². The van der Waals surface area contributed by atoms with Crippen molar-refractivity contribution in [3.05, 3.63) is 29.5 Å². The maximum atomic E-state index is 13.3. The number of alkyl halides is 5. The minimum Gasteiger partial charge on any atom is -0.493 e. The second kappa shape index (κ2) is 10.4. The number of urea groups is 1. The molecular weight excluding hydrogens is 471 g/mol. The molecule has 1 aromatic carbocycles. The maximum Gasteiger partial charge on any atom is 0.461 e. The second-order valence-electron chi connectivity index (χ2n) is 7.35. The summed E-state index contributed by atoms with van der Waals surface area (Å²) in [4.78, 5) is 14.4. The topological polar surface area (TPSA) is 98.1 Å². The Morgan fingerprint density at radius 3 is 2.47 bits per heavy atom. The summed E-state index contributed by atoms with van der Waals surface area (Å²) in [6, 6.07) is 2.49. The van der Waals surface area contributed by atoms with Crippen molar-refractivity contribution >= 4 is 17.5 Å². The standard InChI is InChI=1S/C20H23F5N4O5/c1-12-9-15(33-8-5-29-3-6-32-7-4-29)14(31-2)10-13(12)26-18(30)27-17-11-16(34-28-17)19(21,22)20(23,24)25/h9-11H,3-8H2,1-2H3,(H2,26,27,28,30). The number of carbonyl (C=O) groups excluding carboxylic acids is 1. The van der Waals surface area contributed by atoms with Crippen LogP contribution in [0.4, 0.5) is 38.3 Å². The number of hydrogen-bond acceptors (Lipinski definition) is 7. The number of methoxy groups -OCH3 is 1. The second-order valence-corrected chi connectivity index (χ2v) is 7.35. The van der Waals surface area contributed by atoms with Gasteiger partial charge in [0, 0.05) is 37.5 Å². The van der Waals surface area contributed by atoms with E-state index in [1.807, 2.05) is 5.32 Å². The molecule has 2 aromatic rings. The summed E-state index contributed by atoms with van der Waals surface area (Å²) < 4.78 is 84.4. The molecule has 14 heteroatoms. The van der Waals surface area contributed by atoms with Crippen LogP contribution in [0, 0.1) is 6.92 Å². The Balaban J connectivity index is 1.61. The van der Waals surface area contributed by atoms with Crippen LogP contribution in [-0.2, 0) is 10.7 Å². The van der Waals surface area contributed by atoms with Crippen molar-refractivity contribution in [1.82, 2.24) is 10.1 Å². The molecule has 0 spiro atoms. The molecule has 1 fully saturated rings. The number of nitrogens with one attached hydrogen (secondary N) is 2. The lowest BCUT2D eigenvalue weighted by Crippen LogP contribution is -2.38. The van der Waals surface area contributed by atoms with Crippen molar-refractivity contribution in [2.24, 2.45) is 0 Å². The van der Waals surface area contributed by atoms with E-state index in [1.165, 1.54) is 13.2 Å². The Hall–Kier alpha value is -3.13. The summed E-state index contributed by atoms with van der Waals surface area (Å²) in [7, 11) is 1.42. The van der Waals surface area contributed by atoms with Crippen LogP contribution in [-0.4, -0.2) is 68.8 Å². The van der Waals surface area contributed by atoms with Gasteiger partial charge in [-0.15, -0.1) is 0 Å². The molecule has 0 saturated carbocycles. The zero-order chi connectivity index (χ0) is 24.9. The Morgan fingerprint density at radius 1 is 1.12 bits per heavy atom. The van der Waals surface area contributed by atoms with Crippen LogP contribution in [0.2, 0.25) is 0 Å². The number of carbonyl (C=O) groups is 1. The van der Waals surface area contributed by atoms with Crippen molar-refractivity contribution in [1.29, 1.82) is 0 Å². The highest BCUT2D eigenvalue weighted by molar-refractivity contribution is 5.99. The lowest BCUT2D eigenvalue weighted by atomic mass is 10.1.